The van der Waals surface area contributed by atoms with Gasteiger partial charge in [-0.3, -0.25) is 0 Å². The summed E-state index contributed by atoms with van der Waals surface area (Å²) in [5.41, 5.74) is 3.19. The normalized spacial score (nSPS) is 10.9. The lowest BCUT2D eigenvalue weighted by Gasteiger charge is -2.11. The molecule has 5 rings (SSSR count). The van der Waals surface area contributed by atoms with E-state index in [0.717, 1.165) is 41.5 Å². The van der Waals surface area contributed by atoms with E-state index >= 15 is 0 Å². The lowest BCUT2D eigenvalue weighted by Crippen LogP contribution is -2.11. The average Bonchev–Trinajstić information content (AvgIpc) is 3.51. The van der Waals surface area contributed by atoms with Gasteiger partial charge in [0.05, 0.1) is 17.1 Å². The molecule has 0 atom stereocenters. The van der Waals surface area contributed by atoms with Crippen molar-refractivity contribution in [1.82, 2.24) is 15.2 Å². The minimum Gasteiger partial charge on any atom is -0.616 e. The summed E-state index contributed by atoms with van der Waals surface area (Å²) in [5.74, 6) is 3.08. The van der Waals surface area contributed by atoms with Gasteiger partial charge in [-0.15, -0.1) is 10.2 Å². The van der Waals surface area contributed by atoms with Crippen LogP contribution in [0.15, 0.2) is 81.6 Å². The third-order valence-electron chi connectivity index (χ3n) is 5.08. The van der Waals surface area contributed by atoms with Crippen LogP contribution in [-0.2, 0) is 6.42 Å². The maximum atomic E-state index is 5.97. The maximum Gasteiger partial charge on any atom is 0.881 e. The topological polar surface area (TPSA) is 83.4 Å². The van der Waals surface area contributed by atoms with E-state index in [2.05, 4.69) is 22.1 Å². The number of oxazole rings is 1. The molecule has 2 heterocycles. The van der Waals surface area contributed by atoms with Gasteiger partial charge in [-0.25, -0.2) is 4.98 Å². The van der Waals surface area contributed by atoms with E-state index in [-0.39, 0.29) is 0 Å². The van der Waals surface area contributed by atoms with Gasteiger partial charge in [0.2, 0.25) is 17.7 Å². The summed E-state index contributed by atoms with van der Waals surface area (Å²) in [5, 5.41) is 8.24. The highest BCUT2D eigenvalue weighted by Gasteiger charge is 2.15. The largest absolute Gasteiger partial charge is 0.881 e. The molecule has 0 aliphatic heterocycles. The Kier molecular flexibility index (Phi) is 6.38. The van der Waals surface area contributed by atoms with Crippen LogP contribution >= 0.6 is 0 Å². The fraction of sp³-hybridized carbons (Fsp3) is 0.160. The molecule has 5 aromatic rings. The van der Waals surface area contributed by atoms with E-state index in [1.54, 1.807) is 0 Å². The standard InChI is InChI=1S/C13H9NO2.C12H14N2O2.Al/c15-11-7-3-1-5-9(11)13-14-10-6-2-4-8-12(10)16-13;1-2-3-4-11-13-14-12(16-11)9-5-7-10(15)8-6-9;/h1-8,15H;5-8,15H,2-4H2,1H3;/q;;+2/p-2. The van der Waals surface area contributed by atoms with Crippen molar-refractivity contribution in [2.24, 2.45) is 0 Å². The van der Waals surface area contributed by atoms with Crippen LogP contribution in [0.1, 0.15) is 25.7 Å². The molecule has 0 aliphatic rings. The molecule has 0 bridgehead atoms. The van der Waals surface area contributed by atoms with Crippen molar-refractivity contribution in [2.75, 3.05) is 0 Å². The molecule has 7 nitrogen and oxygen atoms in total. The highest BCUT2D eigenvalue weighted by Crippen LogP contribution is 2.31. The van der Waals surface area contributed by atoms with Crippen molar-refractivity contribution in [3.05, 3.63) is 78.7 Å². The van der Waals surface area contributed by atoms with Crippen LogP contribution in [0.3, 0.4) is 0 Å². The van der Waals surface area contributed by atoms with Gasteiger partial charge in [0.1, 0.15) is 5.52 Å². The number of rotatable bonds is 9. The van der Waals surface area contributed by atoms with Gasteiger partial charge in [-0.2, -0.15) is 0 Å². The number of hydrogen-bond donors (Lipinski definition) is 0. The minimum atomic E-state index is -0.789. The van der Waals surface area contributed by atoms with Crippen molar-refractivity contribution in [2.45, 2.75) is 26.2 Å². The van der Waals surface area contributed by atoms with Crippen LogP contribution in [0, 0.1) is 0 Å². The van der Waals surface area contributed by atoms with E-state index in [0.29, 0.717) is 29.2 Å². The number of fused-ring (bicyclic) bond motifs is 1. The van der Waals surface area contributed by atoms with Gasteiger partial charge >= 0.3 is 15.9 Å². The van der Waals surface area contributed by atoms with Gasteiger partial charge < -0.3 is 16.4 Å². The van der Waals surface area contributed by atoms with E-state index < -0.39 is 15.9 Å². The molecule has 0 unspecified atom stereocenters. The molecule has 0 saturated heterocycles. The first-order valence-corrected chi connectivity index (χ1v) is 11.8. The second-order valence-electron chi connectivity index (χ2n) is 7.44. The monoisotopic (exact) mass is 454 g/mol. The molecule has 0 N–H and O–H groups in total. The van der Waals surface area contributed by atoms with Gasteiger partial charge in [-0.1, -0.05) is 37.6 Å². The first-order chi connectivity index (χ1) is 16.3. The SMILES string of the molecule is CCCCc1nnc(-c2ccc([O][Al][O]c3ccccc3-c3nc4ccccc4o3)cc2)o1. The molecular formula is C25H21AlN3O4. The highest BCUT2D eigenvalue weighted by molar-refractivity contribution is 6.21. The molecule has 0 saturated carbocycles. The summed E-state index contributed by atoms with van der Waals surface area (Å²) in [6.07, 6.45) is 2.93. The Labute approximate surface area is 197 Å². The van der Waals surface area contributed by atoms with Crippen LogP contribution in [0.2, 0.25) is 0 Å². The van der Waals surface area contributed by atoms with E-state index in [1.165, 1.54) is 0 Å². The Balaban J connectivity index is 1.23. The molecule has 1 radical (unpaired) electrons. The molecule has 3 aromatic carbocycles. The highest BCUT2D eigenvalue weighted by atomic mass is 27.2. The van der Waals surface area contributed by atoms with Crippen molar-refractivity contribution >= 4 is 27.0 Å². The Morgan fingerprint density at radius 2 is 1.64 bits per heavy atom. The third-order valence-corrected chi connectivity index (χ3v) is 5.80. The van der Waals surface area contributed by atoms with Crippen molar-refractivity contribution in [3.8, 4) is 34.4 Å². The Hall–Kier alpha value is -3.60. The summed E-state index contributed by atoms with van der Waals surface area (Å²) < 4.78 is 23.4. The number of aryl methyl sites for hydroxylation is 1. The second-order valence-corrected chi connectivity index (χ2v) is 8.11. The van der Waals surface area contributed by atoms with Gasteiger partial charge in [0.15, 0.2) is 5.58 Å². The summed E-state index contributed by atoms with van der Waals surface area (Å²) in [4.78, 5) is 4.57. The fourth-order valence-electron chi connectivity index (χ4n) is 3.34. The molecule has 163 valence electrons. The zero-order valence-corrected chi connectivity index (χ0v) is 19.3. The number of benzene rings is 3. The molecule has 0 amide bonds. The fourth-order valence-corrected chi connectivity index (χ4v) is 3.97. The zero-order chi connectivity index (χ0) is 22.5. The number of para-hydroxylation sites is 3. The molecule has 0 aliphatic carbocycles. The summed E-state index contributed by atoms with van der Waals surface area (Å²) >= 11 is -0.789. The van der Waals surface area contributed by atoms with Crippen LogP contribution in [-0.4, -0.2) is 31.1 Å². The van der Waals surface area contributed by atoms with Crippen LogP contribution in [0.4, 0.5) is 0 Å². The molecule has 8 heteroatoms. The first-order valence-electron chi connectivity index (χ1n) is 10.8. The Morgan fingerprint density at radius 3 is 2.48 bits per heavy atom. The minimum absolute atomic E-state index is 0.517. The average molecular weight is 454 g/mol. The molecule has 0 spiro atoms. The molecule has 2 aromatic heterocycles. The maximum absolute atomic E-state index is 5.97. The first kappa shape index (κ1) is 21.3. The third kappa shape index (κ3) is 4.93. The number of nitrogens with zero attached hydrogens (tertiary/aromatic N) is 3. The smallest absolute Gasteiger partial charge is 0.616 e. The molecule has 0 fully saturated rings. The quantitative estimate of drug-likeness (QED) is 0.257. The number of unbranched alkanes of at least 4 members (excludes halogenated alkanes) is 1. The van der Waals surface area contributed by atoms with Crippen molar-refractivity contribution < 1.29 is 16.4 Å². The van der Waals surface area contributed by atoms with Crippen LogP contribution in [0.5, 0.6) is 11.5 Å². The summed E-state index contributed by atoms with van der Waals surface area (Å²) in [6, 6.07) is 22.9. The van der Waals surface area contributed by atoms with E-state index in [4.69, 9.17) is 16.4 Å². The Bertz CT molecular complexity index is 1310. The van der Waals surface area contributed by atoms with Gasteiger partial charge in [-0.05, 0) is 55.0 Å². The summed E-state index contributed by atoms with van der Waals surface area (Å²) in [6.45, 7) is 2.13. The van der Waals surface area contributed by atoms with Crippen molar-refractivity contribution in [1.29, 1.82) is 0 Å². The van der Waals surface area contributed by atoms with Gasteiger partial charge in [0, 0.05) is 12.0 Å². The van der Waals surface area contributed by atoms with Crippen molar-refractivity contribution in [3.63, 3.8) is 0 Å². The zero-order valence-electron chi connectivity index (χ0n) is 18.1. The lowest BCUT2D eigenvalue weighted by atomic mass is 10.2. The predicted molar refractivity (Wildman–Crippen MR) is 125 cm³/mol. The number of aromatic nitrogens is 3. The lowest BCUT2D eigenvalue weighted by molar-refractivity contribution is 0.458. The number of hydrogen-bond acceptors (Lipinski definition) is 7. The van der Waals surface area contributed by atoms with Crippen LogP contribution in [0.25, 0.3) is 34.0 Å². The predicted octanol–water partition coefficient (Wildman–Crippen LogP) is 5.88. The van der Waals surface area contributed by atoms with Crippen LogP contribution < -0.4 is 7.58 Å². The molecular weight excluding hydrogens is 433 g/mol. The summed E-state index contributed by atoms with van der Waals surface area (Å²) in [7, 11) is 0. The second kappa shape index (κ2) is 9.90. The van der Waals surface area contributed by atoms with E-state index in [1.807, 2.05) is 72.8 Å². The van der Waals surface area contributed by atoms with E-state index in [9.17, 15) is 0 Å². The molecule has 33 heavy (non-hydrogen) atoms. The van der Waals surface area contributed by atoms with Gasteiger partial charge in [0.25, 0.3) is 0 Å². The Morgan fingerprint density at radius 1 is 0.818 bits per heavy atom.